The van der Waals surface area contributed by atoms with Crippen LogP contribution in [-0.4, -0.2) is 21.6 Å². The fraction of sp³-hybridized carbons (Fsp3) is 0.0833. The molecule has 4 heteroatoms. The highest BCUT2D eigenvalue weighted by atomic mass is 16.5. The predicted molar refractivity (Wildman–Crippen MR) is 113 cm³/mol. The lowest BCUT2D eigenvalue weighted by atomic mass is 10.1. The molecule has 4 nitrogen and oxygen atoms in total. The number of rotatable bonds is 4. The molecule has 0 fully saturated rings. The molecule has 0 aliphatic carbocycles. The molecule has 0 bridgehead atoms. The van der Waals surface area contributed by atoms with Gasteiger partial charge in [-0.3, -0.25) is 0 Å². The van der Waals surface area contributed by atoms with Crippen LogP contribution in [-0.2, 0) is 6.54 Å². The van der Waals surface area contributed by atoms with Crippen molar-refractivity contribution < 1.29 is 4.74 Å². The Morgan fingerprint density at radius 1 is 0.893 bits per heavy atom. The second kappa shape index (κ2) is 6.82. The van der Waals surface area contributed by atoms with Crippen molar-refractivity contribution in [2.75, 3.05) is 7.11 Å². The number of nitrogens with zero attached hydrogens (tertiary/aromatic N) is 3. The van der Waals surface area contributed by atoms with Gasteiger partial charge in [0.2, 0.25) is 0 Å². The largest absolute Gasteiger partial charge is 0.497 e. The Balaban J connectivity index is 1.42. The number of aromatic nitrogens is 3. The van der Waals surface area contributed by atoms with E-state index in [1.54, 1.807) is 7.11 Å². The summed E-state index contributed by atoms with van der Waals surface area (Å²) in [6.07, 6.45) is 4.00. The third kappa shape index (κ3) is 2.99. The van der Waals surface area contributed by atoms with Gasteiger partial charge in [-0.15, -0.1) is 0 Å². The summed E-state index contributed by atoms with van der Waals surface area (Å²) >= 11 is 0. The number of benzene rings is 3. The van der Waals surface area contributed by atoms with Crippen molar-refractivity contribution in [1.82, 2.24) is 14.5 Å². The molecule has 136 valence electrons. The monoisotopic (exact) mass is 365 g/mol. The molecular formula is C24H19N3O. The van der Waals surface area contributed by atoms with E-state index in [0.29, 0.717) is 0 Å². The molecule has 28 heavy (non-hydrogen) atoms. The summed E-state index contributed by atoms with van der Waals surface area (Å²) in [5.74, 6) is 1.63. The summed E-state index contributed by atoms with van der Waals surface area (Å²) < 4.78 is 7.56. The van der Waals surface area contributed by atoms with E-state index in [9.17, 15) is 0 Å². The third-order valence-electron chi connectivity index (χ3n) is 5.03. The van der Waals surface area contributed by atoms with Crippen LogP contribution in [0.25, 0.3) is 33.2 Å². The molecule has 0 atom stereocenters. The van der Waals surface area contributed by atoms with E-state index in [2.05, 4.69) is 63.2 Å². The van der Waals surface area contributed by atoms with Crippen LogP contribution in [0.5, 0.6) is 5.75 Å². The lowest BCUT2D eigenvalue weighted by Crippen LogP contribution is -1.98. The van der Waals surface area contributed by atoms with Crippen LogP contribution in [0.2, 0.25) is 0 Å². The van der Waals surface area contributed by atoms with Gasteiger partial charge in [0.05, 0.1) is 12.6 Å². The molecule has 5 aromatic rings. The number of ether oxygens (including phenoxy) is 1. The molecule has 0 N–H and O–H groups in total. The summed E-state index contributed by atoms with van der Waals surface area (Å²) in [5.41, 5.74) is 4.42. The Bertz CT molecular complexity index is 1270. The average Bonchev–Trinajstić information content (AvgIpc) is 3.15. The highest BCUT2D eigenvalue weighted by molar-refractivity contribution is 5.82. The first kappa shape index (κ1) is 16.5. The van der Waals surface area contributed by atoms with Crippen molar-refractivity contribution in [1.29, 1.82) is 0 Å². The molecule has 0 unspecified atom stereocenters. The van der Waals surface area contributed by atoms with Crippen LogP contribution < -0.4 is 4.74 Å². The smallest absolute Gasteiger partial charge is 0.159 e. The molecule has 2 heterocycles. The first-order valence-corrected chi connectivity index (χ1v) is 9.24. The number of fused-ring (bicyclic) bond motifs is 2. The quantitative estimate of drug-likeness (QED) is 0.433. The number of para-hydroxylation sites is 1. The Morgan fingerprint density at radius 3 is 2.61 bits per heavy atom. The second-order valence-electron chi connectivity index (χ2n) is 6.82. The van der Waals surface area contributed by atoms with Crippen LogP contribution >= 0.6 is 0 Å². The Morgan fingerprint density at radius 2 is 1.75 bits per heavy atom. The van der Waals surface area contributed by atoms with Crippen molar-refractivity contribution in [3.63, 3.8) is 0 Å². The van der Waals surface area contributed by atoms with Crippen LogP contribution in [0.1, 0.15) is 5.56 Å². The molecule has 5 rings (SSSR count). The van der Waals surface area contributed by atoms with Gasteiger partial charge in [0.1, 0.15) is 5.75 Å². The summed E-state index contributed by atoms with van der Waals surface area (Å²) in [6, 6.07) is 24.8. The first-order valence-electron chi connectivity index (χ1n) is 9.24. The van der Waals surface area contributed by atoms with E-state index < -0.39 is 0 Å². The van der Waals surface area contributed by atoms with Gasteiger partial charge in [0.15, 0.2) is 5.82 Å². The molecule has 0 aliphatic heterocycles. The van der Waals surface area contributed by atoms with E-state index in [1.165, 1.54) is 16.5 Å². The van der Waals surface area contributed by atoms with Gasteiger partial charge in [-0.1, -0.05) is 42.5 Å². The third-order valence-corrected chi connectivity index (χ3v) is 5.03. The zero-order valence-corrected chi connectivity index (χ0v) is 15.5. The van der Waals surface area contributed by atoms with Gasteiger partial charge in [-0.2, -0.15) is 0 Å². The highest BCUT2D eigenvalue weighted by Gasteiger charge is 2.06. The van der Waals surface area contributed by atoms with Gasteiger partial charge in [0, 0.05) is 40.8 Å². The summed E-state index contributed by atoms with van der Waals surface area (Å²) in [7, 11) is 1.69. The first-order chi connectivity index (χ1) is 13.8. The maximum atomic E-state index is 5.31. The van der Waals surface area contributed by atoms with Crippen molar-refractivity contribution in [3.8, 4) is 17.1 Å². The zero-order chi connectivity index (χ0) is 18.9. The minimum atomic E-state index is 0.753. The summed E-state index contributed by atoms with van der Waals surface area (Å²) in [5, 5.41) is 2.24. The normalized spacial score (nSPS) is 11.2. The SMILES string of the molecule is COc1ccc2c(ccn2Cc2ccc(-c3ncc4ccccc4n3)cc2)c1. The topological polar surface area (TPSA) is 39.9 Å². The molecule has 3 aromatic carbocycles. The molecule has 0 saturated heterocycles. The minimum Gasteiger partial charge on any atom is -0.497 e. The Labute approximate surface area is 163 Å². The van der Waals surface area contributed by atoms with Crippen LogP contribution in [0.4, 0.5) is 0 Å². The summed E-state index contributed by atoms with van der Waals surface area (Å²) in [4.78, 5) is 9.19. The van der Waals surface area contributed by atoms with Crippen molar-refractivity contribution in [2.24, 2.45) is 0 Å². The van der Waals surface area contributed by atoms with Gasteiger partial charge < -0.3 is 9.30 Å². The highest BCUT2D eigenvalue weighted by Crippen LogP contribution is 2.24. The van der Waals surface area contributed by atoms with Gasteiger partial charge in [-0.25, -0.2) is 9.97 Å². The van der Waals surface area contributed by atoms with E-state index in [1.807, 2.05) is 36.5 Å². The van der Waals surface area contributed by atoms with Crippen LogP contribution in [0.3, 0.4) is 0 Å². The average molecular weight is 365 g/mol. The lowest BCUT2D eigenvalue weighted by Gasteiger charge is -2.08. The second-order valence-corrected chi connectivity index (χ2v) is 6.82. The maximum Gasteiger partial charge on any atom is 0.159 e. The molecular weight excluding hydrogens is 346 g/mol. The standard InChI is InChI=1S/C24H19N3O/c1-28-21-10-11-23-19(14-21)12-13-27(23)16-17-6-8-18(9-7-17)24-25-15-20-4-2-3-5-22(20)26-24/h2-15H,16H2,1H3. The maximum absolute atomic E-state index is 5.31. The molecule has 0 amide bonds. The number of hydrogen-bond acceptors (Lipinski definition) is 3. The van der Waals surface area contributed by atoms with Gasteiger partial charge in [-0.05, 0) is 35.9 Å². The fourth-order valence-electron chi connectivity index (χ4n) is 3.51. The summed E-state index contributed by atoms with van der Waals surface area (Å²) in [6.45, 7) is 0.814. The van der Waals surface area contributed by atoms with E-state index >= 15 is 0 Å². The predicted octanol–water partition coefficient (Wildman–Crippen LogP) is 5.31. The Hall–Kier alpha value is -3.66. The van der Waals surface area contributed by atoms with Crippen molar-refractivity contribution >= 4 is 21.8 Å². The number of methoxy groups -OCH3 is 1. The van der Waals surface area contributed by atoms with E-state index in [4.69, 9.17) is 4.74 Å². The molecule has 2 aromatic heterocycles. The molecule has 0 spiro atoms. The zero-order valence-electron chi connectivity index (χ0n) is 15.5. The van der Waals surface area contributed by atoms with E-state index in [0.717, 1.165) is 34.6 Å². The Kier molecular flexibility index (Phi) is 4.02. The van der Waals surface area contributed by atoms with E-state index in [-0.39, 0.29) is 0 Å². The van der Waals surface area contributed by atoms with Crippen molar-refractivity contribution in [2.45, 2.75) is 6.54 Å². The molecule has 0 saturated carbocycles. The minimum absolute atomic E-state index is 0.753. The fourth-order valence-corrected chi connectivity index (χ4v) is 3.51. The molecule has 0 aliphatic rings. The van der Waals surface area contributed by atoms with Crippen molar-refractivity contribution in [3.05, 3.63) is 90.8 Å². The van der Waals surface area contributed by atoms with Crippen LogP contribution in [0.15, 0.2) is 85.2 Å². The lowest BCUT2D eigenvalue weighted by molar-refractivity contribution is 0.415. The number of hydrogen-bond donors (Lipinski definition) is 0. The molecule has 0 radical (unpaired) electrons. The van der Waals surface area contributed by atoms with Gasteiger partial charge in [0.25, 0.3) is 0 Å². The van der Waals surface area contributed by atoms with Gasteiger partial charge >= 0.3 is 0 Å². The van der Waals surface area contributed by atoms with Crippen LogP contribution in [0, 0.1) is 0 Å².